The summed E-state index contributed by atoms with van der Waals surface area (Å²) in [5.41, 5.74) is 12.8. The summed E-state index contributed by atoms with van der Waals surface area (Å²) in [5.74, 6) is 3.47. The van der Waals surface area contributed by atoms with Gasteiger partial charge in [-0.2, -0.15) is 0 Å². The highest BCUT2D eigenvalue weighted by atomic mass is 16.5. The number of nitrogens with two attached hydrogens (primary N) is 1. The van der Waals surface area contributed by atoms with Gasteiger partial charge in [-0.15, -0.1) is 0 Å². The third-order valence-electron chi connectivity index (χ3n) is 8.24. The zero-order chi connectivity index (χ0) is 50.5. The summed E-state index contributed by atoms with van der Waals surface area (Å²) in [7, 11) is 0. The van der Waals surface area contributed by atoms with Crippen LogP contribution in [0, 0.1) is 34.6 Å². The van der Waals surface area contributed by atoms with E-state index in [1.165, 1.54) is 5.56 Å². The molecule has 7 N–H and O–H groups in total. The molecule has 0 aliphatic carbocycles. The number of amides is 3. The Morgan fingerprint density at radius 2 is 1.03 bits per heavy atom. The van der Waals surface area contributed by atoms with Gasteiger partial charge in [0.2, 0.25) is 5.91 Å². The largest absolute Gasteiger partial charge is 0.508 e. The normalized spacial score (nSPS) is 9.22. The number of nitrogens with one attached hydrogen (secondary N) is 2. The molecule has 0 aliphatic heterocycles. The van der Waals surface area contributed by atoms with Crippen LogP contribution in [0.1, 0.15) is 134 Å². The van der Waals surface area contributed by atoms with E-state index in [0.29, 0.717) is 24.5 Å². The van der Waals surface area contributed by atoms with Crippen LogP contribution < -0.4 is 25.8 Å². The van der Waals surface area contributed by atoms with Gasteiger partial charge in [-0.3, -0.25) is 4.79 Å². The van der Waals surface area contributed by atoms with E-state index in [1.807, 2.05) is 160 Å². The average Bonchev–Trinajstić information content (AvgIpc) is 3.30. The average molecular weight is 900 g/mol. The lowest BCUT2D eigenvalue weighted by Gasteiger charge is -2.14. The smallest absolute Gasteiger partial charge is 0.312 e. The molecular weight excluding hydrogens is 815 g/mol. The Labute approximate surface area is 393 Å². The lowest BCUT2D eigenvalue weighted by Crippen LogP contribution is -2.34. The Hall–Kier alpha value is -6.00. The Morgan fingerprint density at radius 3 is 1.45 bits per heavy atom. The third-order valence-corrected chi connectivity index (χ3v) is 8.24. The number of phenolic OH excluding ortho intramolecular Hbond substituents is 2. The molecule has 0 atom stereocenters. The quantitative estimate of drug-likeness (QED) is 0.0726. The second-order valence-corrected chi connectivity index (χ2v) is 13.7. The predicted molar refractivity (Wildman–Crippen MR) is 275 cm³/mol. The van der Waals surface area contributed by atoms with Crippen LogP contribution in [-0.2, 0) is 24.2 Å². The molecule has 0 aliphatic rings. The molecule has 0 fully saturated rings. The third kappa shape index (κ3) is 27.1. The Bertz CT molecular complexity index is 1950. The molecule has 0 saturated heterocycles. The van der Waals surface area contributed by atoms with E-state index in [2.05, 4.69) is 22.8 Å². The number of benzene rings is 5. The van der Waals surface area contributed by atoms with Crippen molar-refractivity contribution in [2.45, 2.75) is 150 Å². The lowest BCUT2D eigenvalue weighted by atomic mass is 10.0. The standard InChI is InChI=1S/C24H25NO3.C17H20O3.C4H10N2O.5C2H6/c1-16-13-21(9-10-22(16)26)28-24-17(2)11-20(12-18(24)3)14-23(27)25-15-19-7-5-4-6-8-19;1-12-10-14(4-3-9-18)11-13(2)17(12)20-16-7-5-15(19)6-8-16;1-3(2)6-4(5)7;5*1-2/h4-13,26H,14-15H2,1-3H3,(H,25,27);5-8,10-11,18-19H,3-4,9H2,1-2H3;3H,1-2H3,(H3,5,6,7);5*1-2H3. The first-order valence-electron chi connectivity index (χ1n) is 23.3. The first-order chi connectivity index (χ1) is 31.1. The number of aliphatic hydroxyl groups excluding tert-OH is 1. The van der Waals surface area contributed by atoms with Crippen molar-refractivity contribution < 1.29 is 34.4 Å². The fourth-order valence-electron chi connectivity index (χ4n) is 5.70. The molecule has 362 valence electrons. The molecule has 3 amide bonds. The molecule has 0 aromatic heterocycles. The molecule has 0 heterocycles. The lowest BCUT2D eigenvalue weighted by molar-refractivity contribution is -0.120. The van der Waals surface area contributed by atoms with Gasteiger partial charge in [-0.25, -0.2) is 4.79 Å². The predicted octanol–water partition coefficient (Wildman–Crippen LogP) is 13.9. The van der Waals surface area contributed by atoms with E-state index in [-0.39, 0.29) is 30.1 Å². The highest BCUT2D eigenvalue weighted by Crippen LogP contribution is 2.33. The second-order valence-electron chi connectivity index (χ2n) is 13.7. The minimum atomic E-state index is -0.463. The van der Waals surface area contributed by atoms with Crippen LogP contribution >= 0.6 is 0 Å². The first kappa shape index (κ1) is 63.3. The van der Waals surface area contributed by atoms with E-state index in [0.717, 1.165) is 63.3 Å². The summed E-state index contributed by atoms with van der Waals surface area (Å²) in [4.78, 5) is 22.2. The molecule has 10 nitrogen and oxygen atoms in total. The van der Waals surface area contributed by atoms with Gasteiger partial charge >= 0.3 is 6.03 Å². The van der Waals surface area contributed by atoms with Crippen LogP contribution in [0.25, 0.3) is 0 Å². The Balaban J connectivity index is -0.000000905. The maximum Gasteiger partial charge on any atom is 0.312 e. The fraction of sp³-hybridized carbons (Fsp3) is 0.418. The van der Waals surface area contributed by atoms with E-state index >= 15 is 0 Å². The zero-order valence-electron chi connectivity index (χ0n) is 42.9. The van der Waals surface area contributed by atoms with Crippen LogP contribution in [0.15, 0.2) is 97.1 Å². The monoisotopic (exact) mass is 900 g/mol. The summed E-state index contributed by atoms with van der Waals surface area (Å²) in [6.45, 7) is 34.3. The maximum absolute atomic E-state index is 12.3. The van der Waals surface area contributed by atoms with Gasteiger partial charge in [0.15, 0.2) is 0 Å². The molecule has 0 saturated carbocycles. The highest BCUT2D eigenvalue weighted by Gasteiger charge is 2.12. The van der Waals surface area contributed by atoms with Gasteiger partial charge < -0.3 is 41.2 Å². The van der Waals surface area contributed by atoms with Crippen molar-refractivity contribution in [1.82, 2.24) is 10.6 Å². The highest BCUT2D eigenvalue weighted by molar-refractivity contribution is 5.78. The molecule has 0 spiro atoms. The van der Waals surface area contributed by atoms with Gasteiger partial charge in [0, 0.05) is 19.2 Å². The maximum atomic E-state index is 12.3. The molecule has 0 bridgehead atoms. The number of hydrogen-bond acceptors (Lipinski definition) is 7. The molecule has 0 radical (unpaired) electrons. The number of urea groups is 1. The van der Waals surface area contributed by atoms with E-state index in [9.17, 15) is 19.8 Å². The van der Waals surface area contributed by atoms with Crippen molar-refractivity contribution in [3.8, 4) is 34.5 Å². The van der Waals surface area contributed by atoms with Gasteiger partial charge in [-0.1, -0.05) is 124 Å². The zero-order valence-corrected chi connectivity index (χ0v) is 42.9. The SMILES string of the molecule is CC.CC.CC.CC.CC.CC(C)NC(N)=O.Cc1cc(CCCO)cc(C)c1Oc1ccc(O)cc1.Cc1cc(Oc2c(C)cc(CC(=O)NCc3ccccc3)cc2C)ccc1O. The molecule has 10 heteroatoms. The number of primary amides is 1. The summed E-state index contributed by atoms with van der Waals surface area (Å²) in [5, 5.41) is 33.2. The van der Waals surface area contributed by atoms with Gasteiger partial charge in [0.1, 0.15) is 34.5 Å². The summed E-state index contributed by atoms with van der Waals surface area (Å²) < 4.78 is 11.9. The number of ether oxygens (including phenoxy) is 2. The van der Waals surface area contributed by atoms with Gasteiger partial charge in [0.25, 0.3) is 0 Å². The van der Waals surface area contributed by atoms with Gasteiger partial charge in [0.05, 0.1) is 6.42 Å². The number of carbonyl (C=O) groups is 2. The van der Waals surface area contributed by atoms with Crippen molar-refractivity contribution in [2.75, 3.05) is 6.61 Å². The summed E-state index contributed by atoms with van der Waals surface area (Å²) >= 11 is 0. The van der Waals surface area contributed by atoms with Crippen LogP contribution in [0.3, 0.4) is 0 Å². The van der Waals surface area contributed by atoms with E-state index < -0.39 is 6.03 Å². The van der Waals surface area contributed by atoms with Crippen molar-refractivity contribution in [3.05, 3.63) is 142 Å². The number of phenols is 2. The number of aryl methyl sites for hydroxylation is 6. The topological polar surface area (TPSA) is 163 Å². The molecular formula is C55H85N3O7. The van der Waals surface area contributed by atoms with Crippen molar-refractivity contribution in [2.24, 2.45) is 5.73 Å². The number of carbonyl (C=O) groups excluding carboxylic acids is 2. The molecule has 5 aromatic carbocycles. The van der Waals surface area contributed by atoms with E-state index in [4.69, 9.17) is 20.3 Å². The summed E-state index contributed by atoms with van der Waals surface area (Å²) in [6, 6.07) is 29.6. The van der Waals surface area contributed by atoms with Crippen molar-refractivity contribution >= 4 is 11.9 Å². The van der Waals surface area contributed by atoms with Crippen LogP contribution in [-0.4, -0.2) is 39.9 Å². The van der Waals surface area contributed by atoms with Gasteiger partial charge in [-0.05, 0) is 148 Å². The number of aliphatic hydroxyl groups is 1. The molecule has 65 heavy (non-hydrogen) atoms. The number of aromatic hydroxyl groups is 2. The minimum Gasteiger partial charge on any atom is -0.508 e. The molecule has 5 aromatic rings. The Morgan fingerprint density at radius 1 is 0.585 bits per heavy atom. The Kier molecular flexibility index (Phi) is 37.4. The minimum absolute atomic E-state index is 0.00881. The van der Waals surface area contributed by atoms with Crippen molar-refractivity contribution in [3.63, 3.8) is 0 Å². The van der Waals surface area contributed by atoms with Crippen molar-refractivity contribution in [1.29, 1.82) is 0 Å². The van der Waals surface area contributed by atoms with Crippen LogP contribution in [0.4, 0.5) is 4.79 Å². The number of rotatable bonds is 12. The van der Waals surface area contributed by atoms with E-state index in [1.54, 1.807) is 42.5 Å². The van der Waals surface area contributed by atoms with Crippen LogP contribution in [0.2, 0.25) is 0 Å². The second kappa shape index (κ2) is 38.5. The molecule has 5 rings (SSSR count). The molecule has 0 unspecified atom stereocenters. The van der Waals surface area contributed by atoms with Crippen LogP contribution in [0.5, 0.6) is 34.5 Å². The summed E-state index contributed by atoms with van der Waals surface area (Å²) in [6.07, 6.45) is 1.97. The number of hydrogen-bond donors (Lipinski definition) is 6. The fourth-order valence-corrected chi connectivity index (χ4v) is 5.70. The first-order valence-corrected chi connectivity index (χ1v) is 23.3.